The van der Waals surface area contributed by atoms with Gasteiger partial charge in [-0.15, -0.1) is 11.8 Å². The first-order valence-corrected chi connectivity index (χ1v) is 9.97. The van der Waals surface area contributed by atoms with Crippen molar-refractivity contribution in [2.45, 2.75) is 37.0 Å². The van der Waals surface area contributed by atoms with Crippen LogP contribution in [0.4, 0.5) is 0 Å². The summed E-state index contributed by atoms with van der Waals surface area (Å²) in [6.07, 6.45) is -0.0208. The Labute approximate surface area is 175 Å². The molecule has 0 spiro atoms. The molecule has 7 nitrogen and oxygen atoms in total. The largest absolute Gasteiger partial charge is 0.497 e. The van der Waals surface area contributed by atoms with E-state index in [0.717, 1.165) is 10.6 Å². The number of thioether (sulfide) groups is 1. The normalized spacial score (nSPS) is 11.5. The van der Waals surface area contributed by atoms with Crippen LogP contribution < -0.4 is 25.1 Å². The highest BCUT2D eigenvalue weighted by atomic mass is 32.2. The molecule has 2 rings (SSSR count). The van der Waals surface area contributed by atoms with E-state index in [1.54, 1.807) is 32.2 Å². The van der Waals surface area contributed by atoms with E-state index in [2.05, 4.69) is 10.9 Å². The van der Waals surface area contributed by atoms with Crippen LogP contribution in [0.2, 0.25) is 0 Å². The Morgan fingerprint density at radius 2 is 1.59 bits per heavy atom. The van der Waals surface area contributed by atoms with Gasteiger partial charge in [0.25, 0.3) is 11.8 Å². The zero-order chi connectivity index (χ0) is 21.4. The highest BCUT2D eigenvalue weighted by Gasteiger charge is 2.17. The van der Waals surface area contributed by atoms with E-state index in [-0.39, 0.29) is 12.0 Å². The number of carbonyl (C=O) groups is 2. The minimum Gasteiger partial charge on any atom is -0.497 e. The molecule has 0 aliphatic carbocycles. The number of nitrogens with one attached hydrogen (secondary N) is 2. The van der Waals surface area contributed by atoms with Crippen molar-refractivity contribution in [1.29, 1.82) is 0 Å². The van der Waals surface area contributed by atoms with Gasteiger partial charge in [0.05, 0.1) is 25.6 Å². The molecule has 2 aromatic rings. The lowest BCUT2D eigenvalue weighted by Gasteiger charge is -2.15. The fourth-order valence-electron chi connectivity index (χ4n) is 2.36. The van der Waals surface area contributed by atoms with Crippen molar-refractivity contribution < 1.29 is 23.8 Å². The van der Waals surface area contributed by atoms with Gasteiger partial charge >= 0.3 is 0 Å². The lowest BCUT2D eigenvalue weighted by Crippen LogP contribution is -2.44. The van der Waals surface area contributed by atoms with E-state index < -0.39 is 11.2 Å². The number of rotatable bonds is 8. The molecule has 1 unspecified atom stereocenters. The van der Waals surface area contributed by atoms with Crippen LogP contribution in [-0.4, -0.2) is 37.4 Å². The predicted molar refractivity (Wildman–Crippen MR) is 113 cm³/mol. The molecule has 0 saturated heterocycles. The number of amides is 2. The molecule has 0 heterocycles. The third-order valence-electron chi connectivity index (χ3n) is 3.83. The molecule has 0 aliphatic heterocycles. The topological polar surface area (TPSA) is 85.9 Å². The predicted octanol–water partition coefficient (Wildman–Crippen LogP) is 3.43. The standard InChI is InChI=1S/C21H26N2O5S/c1-13(2)28-18-11-6-15(12-19(18)27-5)21(25)23-22-20(24)14(3)29-17-9-7-16(26-4)8-10-17/h6-14H,1-5H3,(H,22,24)(H,23,25). The second kappa shape index (κ2) is 10.6. The monoisotopic (exact) mass is 418 g/mol. The summed E-state index contributed by atoms with van der Waals surface area (Å²) in [6.45, 7) is 5.57. The SMILES string of the molecule is COc1ccc(SC(C)C(=O)NNC(=O)c2ccc(OC(C)C)c(OC)c2)cc1. The number of benzene rings is 2. The van der Waals surface area contributed by atoms with Crippen LogP contribution in [-0.2, 0) is 4.79 Å². The fourth-order valence-corrected chi connectivity index (χ4v) is 3.23. The Morgan fingerprint density at radius 3 is 2.17 bits per heavy atom. The number of methoxy groups -OCH3 is 2. The molecule has 2 amide bonds. The number of hydrazine groups is 1. The van der Waals surface area contributed by atoms with Gasteiger partial charge in [0.2, 0.25) is 0 Å². The average molecular weight is 419 g/mol. The molecule has 29 heavy (non-hydrogen) atoms. The summed E-state index contributed by atoms with van der Waals surface area (Å²) in [5, 5.41) is -0.403. The van der Waals surface area contributed by atoms with Crippen LogP contribution in [0, 0.1) is 0 Å². The molecular weight excluding hydrogens is 392 g/mol. The van der Waals surface area contributed by atoms with Crippen molar-refractivity contribution in [3.8, 4) is 17.2 Å². The second-order valence-electron chi connectivity index (χ2n) is 6.41. The smallest absolute Gasteiger partial charge is 0.269 e. The Bertz CT molecular complexity index is 839. The fraction of sp³-hybridized carbons (Fsp3) is 0.333. The van der Waals surface area contributed by atoms with Gasteiger partial charge in [-0.1, -0.05) is 0 Å². The van der Waals surface area contributed by atoms with Gasteiger partial charge in [0.15, 0.2) is 11.5 Å². The van der Waals surface area contributed by atoms with Gasteiger partial charge < -0.3 is 14.2 Å². The maximum Gasteiger partial charge on any atom is 0.269 e. The number of hydrogen-bond donors (Lipinski definition) is 2. The number of hydrogen-bond acceptors (Lipinski definition) is 6. The van der Waals surface area contributed by atoms with Gasteiger partial charge in [-0.2, -0.15) is 0 Å². The van der Waals surface area contributed by atoms with E-state index in [1.165, 1.54) is 18.9 Å². The first-order chi connectivity index (χ1) is 13.8. The Morgan fingerprint density at radius 1 is 0.897 bits per heavy atom. The molecule has 2 N–H and O–H groups in total. The molecule has 0 aliphatic rings. The van der Waals surface area contributed by atoms with E-state index in [4.69, 9.17) is 14.2 Å². The highest BCUT2D eigenvalue weighted by Crippen LogP contribution is 2.29. The molecular formula is C21H26N2O5S. The first-order valence-electron chi connectivity index (χ1n) is 9.09. The summed E-state index contributed by atoms with van der Waals surface area (Å²) < 4.78 is 16.0. The summed E-state index contributed by atoms with van der Waals surface area (Å²) in [5.74, 6) is 0.980. The van der Waals surface area contributed by atoms with Crippen LogP contribution in [0.1, 0.15) is 31.1 Å². The third kappa shape index (κ3) is 6.60. The van der Waals surface area contributed by atoms with E-state index in [1.807, 2.05) is 38.1 Å². The number of ether oxygens (including phenoxy) is 3. The summed E-state index contributed by atoms with van der Waals surface area (Å²) in [6, 6.07) is 12.2. The summed E-state index contributed by atoms with van der Waals surface area (Å²) in [7, 11) is 3.10. The summed E-state index contributed by atoms with van der Waals surface area (Å²) in [4.78, 5) is 25.6. The lowest BCUT2D eigenvalue weighted by atomic mass is 10.2. The Kier molecular flexibility index (Phi) is 8.21. The van der Waals surface area contributed by atoms with Crippen LogP contribution in [0.25, 0.3) is 0 Å². The maximum absolute atomic E-state index is 12.4. The Hall–Kier alpha value is -2.87. The van der Waals surface area contributed by atoms with Crippen molar-refractivity contribution >= 4 is 23.6 Å². The third-order valence-corrected chi connectivity index (χ3v) is 4.94. The van der Waals surface area contributed by atoms with Gasteiger partial charge in [-0.25, -0.2) is 0 Å². The molecule has 2 aromatic carbocycles. The summed E-state index contributed by atoms with van der Waals surface area (Å²) >= 11 is 1.38. The molecule has 1 atom stereocenters. The van der Waals surface area contributed by atoms with E-state index >= 15 is 0 Å². The molecule has 8 heteroatoms. The quantitative estimate of drug-likeness (QED) is 0.505. The molecule has 0 aromatic heterocycles. The molecule has 0 fully saturated rings. The Balaban J connectivity index is 1.92. The van der Waals surface area contributed by atoms with Gasteiger partial charge in [-0.05, 0) is 63.2 Å². The molecule has 0 saturated carbocycles. The van der Waals surface area contributed by atoms with Gasteiger partial charge in [-0.3, -0.25) is 20.4 Å². The zero-order valence-electron chi connectivity index (χ0n) is 17.1. The van der Waals surface area contributed by atoms with Gasteiger partial charge in [0, 0.05) is 10.5 Å². The molecule has 156 valence electrons. The van der Waals surface area contributed by atoms with E-state index in [0.29, 0.717) is 17.1 Å². The average Bonchev–Trinajstić information content (AvgIpc) is 2.72. The van der Waals surface area contributed by atoms with Crippen LogP contribution in [0.3, 0.4) is 0 Å². The molecule has 0 bridgehead atoms. The second-order valence-corrected chi connectivity index (χ2v) is 7.83. The van der Waals surface area contributed by atoms with Crippen LogP contribution in [0.5, 0.6) is 17.2 Å². The maximum atomic E-state index is 12.4. The minimum atomic E-state index is -0.450. The van der Waals surface area contributed by atoms with Gasteiger partial charge in [0.1, 0.15) is 5.75 Å². The lowest BCUT2D eigenvalue weighted by molar-refractivity contribution is -0.121. The number of carbonyl (C=O) groups excluding carboxylic acids is 2. The van der Waals surface area contributed by atoms with Crippen LogP contribution in [0.15, 0.2) is 47.4 Å². The van der Waals surface area contributed by atoms with Crippen LogP contribution >= 0.6 is 11.8 Å². The van der Waals surface area contributed by atoms with Crippen molar-refractivity contribution in [2.24, 2.45) is 0 Å². The van der Waals surface area contributed by atoms with Crippen molar-refractivity contribution in [3.05, 3.63) is 48.0 Å². The van der Waals surface area contributed by atoms with Crippen molar-refractivity contribution in [2.75, 3.05) is 14.2 Å². The molecule has 0 radical (unpaired) electrons. The first kappa shape index (κ1) is 22.4. The zero-order valence-corrected chi connectivity index (χ0v) is 18.0. The summed E-state index contributed by atoms with van der Waals surface area (Å²) in [5.41, 5.74) is 5.22. The van der Waals surface area contributed by atoms with E-state index in [9.17, 15) is 9.59 Å². The minimum absolute atomic E-state index is 0.0208. The van der Waals surface area contributed by atoms with Crippen molar-refractivity contribution in [1.82, 2.24) is 10.9 Å². The highest BCUT2D eigenvalue weighted by molar-refractivity contribution is 8.00. The van der Waals surface area contributed by atoms with Crippen molar-refractivity contribution in [3.63, 3.8) is 0 Å².